The molecule has 1 unspecified atom stereocenters. The number of hydrogen-bond acceptors (Lipinski definition) is 5. The van der Waals surface area contributed by atoms with Crippen LogP contribution in [-0.4, -0.2) is 53.4 Å². The van der Waals surface area contributed by atoms with Gasteiger partial charge in [-0.25, -0.2) is 18.3 Å². The van der Waals surface area contributed by atoms with Crippen LogP contribution in [0, 0.1) is 11.6 Å². The maximum absolute atomic E-state index is 13.6. The van der Waals surface area contributed by atoms with E-state index in [0.717, 1.165) is 12.1 Å². The fraction of sp³-hybridized carbons (Fsp3) is 0.261. The normalized spacial score (nSPS) is 15.9. The first-order valence-electron chi connectivity index (χ1n) is 10.2. The van der Waals surface area contributed by atoms with E-state index in [1.165, 1.54) is 27.9 Å². The highest BCUT2D eigenvalue weighted by Gasteiger charge is 2.23. The number of amides is 1. The van der Waals surface area contributed by atoms with Crippen molar-refractivity contribution >= 4 is 11.8 Å². The molecule has 1 atom stereocenters. The second-order valence-corrected chi connectivity index (χ2v) is 7.48. The molecule has 0 spiro atoms. The van der Waals surface area contributed by atoms with Gasteiger partial charge in [-0.2, -0.15) is 5.10 Å². The molecular weight excluding hydrogens is 436 g/mol. The molecule has 1 saturated heterocycles. The van der Waals surface area contributed by atoms with Crippen molar-refractivity contribution in [1.82, 2.24) is 9.78 Å². The number of carboxylic acid groups (broad SMARTS) is 1. The van der Waals surface area contributed by atoms with E-state index in [1.807, 2.05) is 0 Å². The van der Waals surface area contributed by atoms with Crippen molar-refractivity contribution in [1.29, 1.82) is 0 Å². The van der Waals surface area contributed by atoms with Crippen LogP contribution in [0.3, 0.4) is 0 Å². The van der Waals surface area contributed by atoms with Crippen LogP contribution in [-0.2, 0) is 15.9 Å². The summed E-state index contributed by atoms with van der Waals surface area (Å²) in [4.78, 5) is 25.4. The van der Waals surface area contributed by atoms with Gasteiger partial charge in [0.1, 0.15) is 5.69 Å². The number of anilines is 1. The van der Waals surface area contributed by atoms with Gasteiger partial charge in [0.05, 0.1) is 38.2 Å². The summed E-state index contributed by atoms with van der Waals surface area (Å²) >= 11 is 0. The number of rotatable bonds is 6. The highest BCUT2D eigenvalue weighted by molar-refractivity contribution is 5.86. The molecule has 4 rings (SSSR count). The van der Waals surface area contributed by atoms with Gasteiger partial charge in [0.15, 0.2) is 11.6 Å². The van der Waals surface area contributed by atoms with Gasteiger partial charge in [-0.05, 0) is 29.8 Å². The second-order valence-electron chi connectivity index (χ2n) is 7.48. The van der Waals surface area contributed by atoms with Crippen LogP contribution in [0.15, 0.2) is 59.5 Å². The maximum Gasteiger partial charge on any atom is 0.411 e. The number of aromatic nitrogens is 2. The molecule has 10 heteroatoms. The third-order valence-electron chi connectivity index (χ3n) is 5.14. The van der Waals surface area contributed by atoms with Gasteiger partial charge in [-0.1, -0.05) is 12.1 Å². The molecule has 1 aliphatic heterocycles. The summed E-state index contributed by atoms with van der Waals surface area (Å²) < 4.78 is 39.0. The summed E-state index contributed by atoms with van der Waals surface area (Å²) in [6, 6.07) is 11.4. The largest absolute Gasteiger partial charge is 0.465 e. The van der Waals surface area contributed by atoms with Crippen molar-refractivity contribution in [3.63, 3.8) is 0 Å². The molecule has 3 aromatic rings. The highest BCUT2D eigenvalue weighted by Crippen LogP contribution is 2.20. The standard InChI is InChI=1S/C23H21F2N3O5/c24-19-5-4-17(12-20(19)25)28-7-6-22(29)21(26-28)11-15-2-1-3-16(10-15)27(23(30)31)13-18-14-32-8-9-33-18/h1-7,10,12,18H,8-9,11,13-14H2,(H,30,31). The van der Waals surface area contributed by atoms with E-state index in [2.05, 4.69) is 5.10 Å². The first kappa shape index (κ1) is 22.6. The summed E-state index contributed by atoms with van der Waals surface area (Å²) in [7, 11) is 0. The van der Waals surface area contributed by atoms with Gasteiger partial charge in [-0.15, -0.1) is 0 Å². The lowest BCUT2D eigenvalue weighted by Gasteiger charge is -2.28. The summed E-state index contributed by atoms with van der Waals surface area (Å²) in [6.45, 7) is 1.29. The topological polar surface area (TPSA) is 93.9 Å². The van der Waals surface area contributed by atoms with Crippen molar-refractivity contribution in [2.24, 2.45) is 0 Å². The molecule has 0 radical (unpaired) electrons. The van der Waals surface area contributed by atoms with Crippen LogP contribution in [0.25, 0.3) is 5.69 Å². The van der Waals surface area contributed by atoms with Crippen LogP contribution in [0.2, 0.25) is 0 Å². The number of ether oxygens (including phenoxy) is 2. The third-order valence-corrected chi connectivity index (χ3v) is 5.14. The Kier molecular flexibility index (Phi) is 6.76. The minimum Gasteiger partial charge on any atom is -0.465 e. The van der Waals surface area contributed by atoms with Crippen molar-refractivity contribution in [3.8, 4) is 5.69 Å². The quantitative estimate of drug-likeness (QED) is 0.612. The predicted octanol–water partition coefficient (Wildman–Crippen LogP) is 3.00. The van der Waals surface area contributed by atoms with Crippen LogP contribution in [0.1, 0.15) is 11.3 Å². The number of benzene rings is 2. The van der Waals surface area contributed by atoms with Crippen LogP contribution in [0.4, 0.5) is 19.3 Å². The maximum atomic E-state index is 13.6. The second kappa shape index (κ2) is 9.88. The molecule has 1 fully saturated rings. The van der Waals surface area contributed by atoms with Crippen molar-refractivity contribution in [3.05, 3.63) is 87.8 Å². The predicted molar refractivity (Wildman–Crippen MR) is 115 cm³/mol. The molecule has 2 aromatic carbocycles. The molecule has 1 aromatic heterocycles. The van der Waals surface area contributed by atoms with E-state index in [1.54, 1.807) is 24.3 Å². The number of hydrogen-bond donors (Lipinski definition) is 1. The molecule has 0 aliphatic carbocycles. The highest BCUT2D eigenvalue weighted by atomic mass is 19.2. The van der Waals surface area contributed by atoms with Crippen LogP contribution in [0.5, 0.6) is 0 Å². The minimum atomic E-state index is -1.14. The Morgan fingerprint density at radius 2 is 2.00 bits per heavy atom. The smallest absolute Gasteiger partial charge is 0.411 e. The first-order chi connectivity index (χ1) is 15.9. The monoisotopic (exact) mass is 457 g/mol. The molecule has 0 saturated carbocycles. The molecule has 2 heterocycles. The van der Waals surface area contributed by atoms with Crippen LogP contribution >= 0.6 is 0 Å². The Labute approximate surface area is 187 Å². The Balaban J connectivity index is 1.58. The molecule has 0 bridgehead atoms. The zero-order valence-corrected chi connectivity index (χ0v) is 17.5. The third kappa shape index (κ3) is 5.41. The van der Waals surface area contributed by atoms with E-state index in [-0.39, 0.29) is 35.9 Å². The molecule has 172 valence electrons. The summed E-state index contributed by atoms with van der Waals surface area (Å²) in [5, 5.41) is 14.0. The van der Waals surface area contributed by atoms with Crippen molar-refractivity contribution in [2.75, 3.05) is 31.3 Å². The lowest BCUT2D eigenvalue weighted by Crippen LogP contribution is -2.42. The molecule has 8 nitrogen and oxygen atoms in total. The van der Waals surface area contributed by atoms with Gasteiger partial charge in [-0.3, -0.25) is 9.69 Å². The summed E-state index contributed by atoms with van der Waals surface area (Å²) in [6.07, 6.45) is -0.0291. The van der Waals surface area contributed by atoms with Gasteiger partial charge in [0.2, 0.25) is 5.43 Å². The summed E-state index contributed by atoms with van der Waals surface area (Å²) in [5.41, 5.74) is 1.18. The SMILES string of the molecule is O=C(O)N(CC1COCCO1)c1cccc(Cc2nn(-c3ccc(F)c(F)c3)ccc2=O)c1. The van der Waals surface area contributed by atoms with Crippen molar-refractivity contribution < 1.29 is 28.2 Å². The Morgan fingerprint density at radius 1 is 1.15 bits per heavy atom. The fourth-order valence-corrected chi connectivity index (χ4v) is 3.51. The first-order valence-corrected chi connectivity index (χ1v) is 10.2. The Morgan fingerprint density at radius 3 is 2.73 bits per heavy atom. The van der Waals surface area contributed by atoms with Crippen molar-refractivity contribution in [2.45, 2.75) is 12.5 Å². The van der Waals surface area contributed by atoms with Gasteiger partial charge in [0, 0.05) is 30.4 Å². The molecule has 1 N–H and O–H groups in total. The van der Waals surface area contributed by atoms with Gasteiger partial charge in [0.25, 0.3) is 0 Å². The zero-order valence-electron chi connectivity index (χ0n) is 17.5. The van der Waals surface area contributed by atoms with E-state index in [9.17, 15) is 23.5 Å². The lowest BCUT2D eigenvalue weighted by molar-refractivity contribution is -0.0836. The van der Waals surface area contributed by atoms with E-state index in [0.29, 0.717) is 31.1 Å². The average Bonchev–Trinajstić information content (AvgIpc) is 2.81. The molecule has 1 amide bonds. The minimum absolute atomic E-state index is 0.102. The van der Waals surface area contributed by atoms with E-state index < -0.39 is 17.7 Å². The molecule has 33 heavy (non-hydrogen) atoms. The fourth-order valence-electron chi connectivity index (χ4n) is 3.51. The average molecular weight is 457 g/mol. The van der Waals surface area contributed by atoms with Crippen LogP contribution < -0.4 is 10.3 Å². The Hall–Kier alpha value is -3.63. The number of carbonyl (C=O) groups is 1. The van der Waals surface area contributed by atoms with Gasteiger partial charge < -0.3 is 14.6 Å². The molecular formula is C23H21F2N3O5. The summed E-state index contributed by atoms with van der Waals surface area (Å²) in [5.74, 6) is -2.01. The van der Waals surface area contributed by atoms with E-state index >= 15 is 0 Å². The number of nitrogens with zero attached hydrogens (tertiary/aromatic N) is 3. The lowest BCUT2D eigenvalue weighted by atomic mass is 10.1. The van der Waals surface area contributed by atoms with E-state index in [4.69, 9.17) is 9.47 Å². The Bertz CT molecular complexity index is 1210. The molecule has 1 aliphatic rings. The van der Waals surface area contributed by atoms with Gasteiger partial charge >= 0.3 is 6.09 Å². The number of halogens is 2. The zero-order chi connectivity index (χ0) is 23.4.